The van der Waals surface area contributed by atoms with Gasteiger partial charge in [0.25, 0.3) is 5.91 Å². The lowest BCUT2D eigenvalue weighted by atomic mass is 10.1. The quantitative estimate of drug-likeness (QED) is 0.627. The van der Waals surface area contributed by atoms with Crippen LogP contribution in [0.2, 0.25) is 0 Å². The first kappa shape index (κ1) is 18.5. The first-order valence-electron chi connectivity index (χ1n) is 8.88. The van der Waals surface area contributed by atoms with E-state index in [1.54, 1.807) is 24.3 Å². The molecule has 0 aliphatic rings. The number of fused-ring (bicyclic) bond motifs is 1. The smallest absolute Gasteiger partial charge is 0.251 e. The van der Waals surface area contributed by atoms with Gasteiger partial charge in [-0.25, -0.2) is 0 Å². The van der Waals surface area contributed by atoms with Crippen LogP contribution in [0, 0.1) is 0 Å². The fourth-order valence-corrected chi connectivity index (χ4v) is 2.91. The minimum Gasteiger partial charge on any atom is -0.508 e. The summed E-state index contributed by atoms with van der Waals surface area (Å²) in [5.41, 5.74) is 1.39. The molecule has 27 heavy (non-hydrogen) atoms. The fraction of sp³-hybridized carbons (Fsp3) is 0.182. The lowest BCUT2D eigenvalue weighted by molar-refractivity contribution is -0.121. The van der Waals surface area contributed by atoms with Crippen LogP contribution < -0.4 is 10.6 Å². The van der Waals surface area contributed by atoms with Crippen molar-refractivity contribution in [3.8, 4) is 5.75 Å². The van der Waals surface area contributed by atoms with Crippen LogP contribution in [-0.2, 0) is 4.79 Å². The number of phenols is 1. The minimum atomic E-state index is -0.221. The molecule has 5 nitrogen and oxygen atoms in total. The van der Waals surface area contributed by atoms with Crippen LogP contribution >= 0.6 is 0 Å². The molecule has 0 aromatic heterocycles. The number of carbonyl (C=O) groups excluding carboxylic acids is 2. The van der Waals surface area contributed by atoms with Crippen molar-refractivity contribution in [1.82, 2.24) is 10.6 Å². The first-order valence-corrected chi connectivity index (χ1v) is 8.88. The summed E-state index contributed by atoms with van der Waals surface area (Å²) in [4.78, 5) is 24.4. The molecule has 0 radical (unpaired) electrons. The van der Waals surface area contributed by atoms with Gasteiger partial charge in [0, 0.05) is 18.5 Å². The van der Waals surface area contributed by atoms with Crippen molar-refractivity contribution in [2.45, 2.75) is 19.4 Å². The molecule has 5 heteroatoms. The van der Waals surface area contributed by atoms with E-state index < -0.39 is 0 Å². The molecule has 0 spiro atoms. The van der Waals surface area contributed by atoms with E-state index in [0.29, 0.717) is 5.56 Å². The predicted octanol–water partition coefficient (Wildman–Crippen LogP) is 3.54. The van der Waals surface area contributed by atoms with Gasteiger partial charge in [-0.05, 0) is 47.5 Å². The minimum absolute atomic E-state index is 0.162. The highest BCUT2D eigenvalue weighted by Gasteiger charge is 2.11. The fourth-order valence-electron chi connectivity index (χ4n) is 2.91. The summed E-state index contributed by atoms with van der Waals surface area (Å²) in [6.45, 7) is 2.10. The molecule has 0 bridgehead atoms. The Kier molecular flexibility index (Phi) is 5.71. The van der Waals surface area contributed by atoms with Crippen LogP contribution in [0.4, 0.5) is 0 Å². The van der Waals surface area contributed by atoms with Gasteiger partial charge in [0.15, 0.2) is 0 Å². The average Bonchev–Trinajstić information content (AvgIpc) is 2.67. The third kappa shape index (κ3) is 4.85. The molecule has 0 saturated carbocycles. The molecule has 0 fully saturated rings. The van der Waals surface area contributed by atoms with Crippen molar-refractivity contribution in [3.63, 3.8) is 0 Å². The first-order chi connectivity index (χ1) is 13.0. The number of rotatable bonds is 6. The number of nitrogens with one attached hydrogen (secondary N) is 2. The zero-order chi connectivity index (χ0) is 19.2. The van der Waals surface area contributed by atoms with E-state index in [2.05, 4.69) is 10.6 Å². The van der Waals surface area contributed by atoms with Gasteiger partial charge >= 0.3 is 0 Å². The number of hydrogen-bond donors (Lipinski definition) is 3. The summed E-state index contributed by atoms with van der Waals surface area (Å²) < 4.78 is 0. The number of aromatic hydroxyl groups is 1. The van der Waals surface area contributed by atoms with E-state index in [4.69, 9.17) is 0 Å². The Labute approximate surface area is 158 Å². The Hall–Kier alpha value is -3.34. The Bertz CT molecular complexity index is 968. The van der Waals surface area contributed by atoms with Crippen LogP contribution in [0.1, 0.15) is 35.3 Å². The summed E-state index contributed by atoms with van der Waals surface area (Å²) in [5.74, 6) is -0.199. The molecule has 3 rings (SSSR count). The van der Waals surface area contributed by atoms with Crippen LogP contribution in [-0.4, -0.2) is 23.5 Å². The molecule has 1 atom stereocenters. The highest BCUT2D eigenvalue weighted by atomic mass is 16.3. The van der Waals surface area contributed by atoms with Crippen molar-refractivity contribution in [1.29, 1.82) is 0 Å². The molecule has 2 amide bonds. The van der Waals surface area contributed by atoms with Crippen molar-refractivity contribution in [2.24, 2.45) is 0 Å². The molecule has 0 saturated heterocycles. The van der Waals surface area contributed by atoms with Gasteiger partial charge in [0.05, 0.1) is 6.04 Å². The Morgan fingerprint density at radius 2 is 1.74 bits per heavy atom. The van der Waals surface area contributed by atoms with Crippen LogP contribution in [0.3, 0.4) is 0 Å². The van der Waals surface area contributed by atoms with Crippen LogP contribution in [0.15, 0.2) is 66.7 Å². The summed E-state index contributed by atoms with van der Waals surface area (Å²) >= 11 is 0. The second-order valence-corrected chi connectivity index (χ2v) is 6.45. The maximum absolute atomic E-state index is 12.3. The maximum atomic E-state index is 12.3. The lowest BCUT2D eigenvalue weighted by Crippen LogP contribution is -2.32. The van der Waals surface area contributed by atoms with Crippen LogP contribution in [0.5, 0.6) is 5.75 Å². The van der Waals surface area contributed by atoms with E-state index in [1.807, 2.05) is 49.4 Å². The van der Waals surface area contributed by atoms with E-state index in [-0.39, 0.29) is 36.6 Å². The number of hydrogen-bond acceptors (Lipinski definition) is 3. The van der Waals surface area contributed by atoms with Gasteiger partial charge in [-0.2, -0.15) is 0 Å². The summed E-state index contributed by atoms with van der Waals surface area (Å²) in [6.07, 6.45) is 0.183. The molecular weight excluding hydrogens is 340 g/mol. The Balaban J connectivity index is 1.49. The van der Waals surface area contributed by atoms with Crippen molar-refractivity contribution < 1.29 is 14.7 Å². The third-order valence-electron chi connectivity index (χ3n) is 4.40. The summed E-state index contributed by atoms with van der Waals surface area (Å²) in [7, 11) is 0. The molecule has 0 aliphatic heterocycles. The van der Waals surface area contributed by atoms with Gasteiger partial charge in [-0.15, -0.1) is 0 Å². The number of amides is 2. The predicted molar refractivity (Wildman–Crippen MR) is 106 cm³/mol. The normalized spacial score (nSPS) is 11.7. The van der Waals surface area contributed by atoms with Crippen molar-refractivity contribution in [3.05, 3.63) is 77.9 Å². The SMILES string of the molecule is CC(NC(=O)CCNC(=O)c1ccc2ccccc2c1)c1cccc(O)c1. The highest BCUT2D eigenvalue weighted by Crippen LogP contribution is 2.18. The molecule has 1 unspecified atom stereocenters. The molecule has 3 aromatic rings. The summed E-state index contributed by atoms with van der Waals surface area (Å²) in [5, 5.41) is 17.2. The zero-order valence-corrected chi connectivity index (χ0v) is 15.1. The summed E-state index contributed by atoms with van der Waals surface area (Å²) in [6, 6.07) is 19.9. The van der Waals surface area contributed by atoms with Gasteiger partial charge in [0.1, 0.15) is 5.75 Å². The largest absolute Gasteiger partial charge is 0.508 e. The zero-order valence-electron chi connectivity index (χ0n) is 15.1. The van der Waals surface area contributed by atoms with E-state index in [0.717, 1.165) is 16.3 Å². The van der Waals surface area contributed by atoms with Crippen molar-refractivity contribution in [2.75, 3.05) is 6.54 Å². The van der Waals surface area contributed by atoms with E-state index in [1.165, 1.54) is 0 Å². The molecule has 0 aliphatic carbocycles. The standard InChI is InChI=1S/C22H22N2O3/c1-15(17-7-4-8-20(25)14-17)24-21(26)11-12-23-22(27)19-10-9-16-5-2-3-6-18(16)13-19/h2-10,13-15,25H,11-12H2,1H3,(H,23,27)(H,24,26). The second kappa shape index (κ2) is 8.36. The topological polar surface area (TPSA) is 78.4 Å². The highest BCUT2D eigenvalue weighted by molar-refractivity contribution is 5.98. The average molecular weight is 362 g/mol. The lowest BCUT2D eigenvalue weighted by Gasteiger charge is -2.15. The van der Waals surface area contributed by atoms with E-state index >= 15 is 0 Å². The number of carbonyl (C=O) groups is 2. The number of phenolic OH excluding ortho intramolecular Hbond substituents is 1. The monoisotopic (exact) mass is 362 g/mol. The van der Waals surface area contributed by atoms with E-state index in [9.17, 15) is 14.7 Å². The van der Waals surface area contributed by atoms with Gasteiger partial charge in [-0.3, -0.25) is 9.59 Å². The Morgan fingerprint density at radius 3 is 2.52 bits per heavy atom. The maximum Gasteiger partial charge on any atom is 0.251 e. The molecule has 0 heterocycles. The van der Waals surface area contributed by atoms with Crippen LogP contribution in [0.25, 0.3) is 10.8 Å². The molecule has 138 valence electrons. The third-order valence-corrected chi connectivity index (χ3v) is 4.40. The van der Waals surface area contributed by atoms with Crippen molar-refractivity contribution >= 4 is 22.6 Å². The second-order valence-electron chi connectivity index (χ2n) is 6.45. The molecule has 3 N–H and O–H groups in total. The Morgan fingerprint density at radius 1 is 0.963 bits per heavy atom. The number of benzene rings is 3. The van der Waals surface area contributed by atoms with Gasteiger partial charge in [-0.1, -0.05) is 42.5 Å². The van der Waals surface area contributed by atoms with Gasteiger partial charge in [0.2, 0.25) is 5.91 Å². The van der Waals surface area contributed by atoms with Gasteiger partial charge < -0.3 is 15.7 Å². The molecule has 3 aromatic carbocycles. The molecular formula is C22H22N2O3.